The summed E-state index contributed by atoms with van der Waals surface area (Å²) < 4.78 is 33.7. The van der Waals surface area contributed by atoms with Gasteiger partial charge in [-0.05, 0) is 32.0 Å². The zero-order valence-electron chi connectivity index (χ0n) is 18.9. The van der Waals surface area contributed by atoms with Crippen LogP contribution in [0.1, 0.15) is 32.3 Å². The van der Waals surface area contributed by atoms with Crippen LogP contribution in [-0.2, 0) is 11.3 Å². The van der Waals surface area contributed by atoms with E-state index in [0.717, 1.165) is 0 Å². The third kappa shape index (κ3) is 5.07. The van der Waals surface area contributed by atoms with Crippen molar-refractivity contribution in [3.05, 3.63) is 46.5 Å². The standard InChI is InChI=1S/C23H26ClF2N5O3/c1-23(2,12-32)21(33)31-8-6-13(7-9-31)34-22-28-18-10-15(24)19(29-20(18)30-22)27-11-14-16(25)4-3-5-17(14)26/h3-5,10,13,32H,6-9,11-12H2,1-2H3,(H2,27,28,29,30). The molecule has 0 spiro atoms. The highest BCUT2D eigenvalue weighted by Gasteiger charge is 2.34. The van der Waals surface area contributed by atoms with Gasteiger partial charge in [-0.1, -0.05) is 17.7 Å². The molecule has 11 heteroatoms. The number of aliphatic hydroxyl groups excluding tert-OH is 1. The van der Waals surface area contributed by atoms with Crippen molar-refractivity contribution in [2.24, 2.45) is 5.41 Å². The lowest BCUT2D eigenvalue weighted by Gasteiger charge is -2.36. The largest absolute Gasteiger partial charge is 0.461 e. The summed E-state index contributed by atoms with van der Waals surface area (Å²) in [5.74, 6) is -1.15. The maximum Gasteiger partial charge on any atom is 0.296 e. The first kappa shape index (κ1) is 24.2. The molecular formula is C23H26ClF2N5O3. The lowest BCUT2D eigenvalue weighted by Crippen LogP contribution is -2.48. The molecule has 1 amide bonds. The summed E-state index contributed by atoms with van der Waals surface area (Å²) in [6, 6.07) is 5.56. The molecule has 8 nitrogen and oxygen atoms in total. The molecule has 0 aliphatic carbocycles. The van der Waals surface area contributed by atoms with Crippen LogP contribution in [0.2, 0.25) is 5.02 Å². The van der Waals surface area contributed by atoms with Gasteiger partial charge in [-0.15, -0.1) is 0 Å². The van der Waals surface area contributed by atoms with Crippen molar-refractivity contribution in [1.82, 2.24) is 19.9 Å². The van der Waals surface area contributed by atoms with Crippen molar-refractivity contribution < 1.29 is 23.4 Å². The maximum atomic E-state index is 13.9. The third-order valence-electron chi connectivity index (χ3n) is 5.88. The van der Waals surface area contributed by atoms with Gasteiger partial charge >= 0.3 is 0 Å². The summed E-state index contributed by atoms with van der Waals surface area (Å²) in [6.07, 6.45) is 1.11. The number of rotatable bonds is 7. The van der Waals surface area contributed by atoms with Gasteiger partial charge in [0.2, 0.25) is 5.91 Å². The number of aromatic amines is 1. The van der Waals surface area contributed by atoms with Crippen LogP contribution in [-0.4, -0.2) is 56.7 Å². The van der Waals surface area contributed by atoms with Crippen molar-refractivity contribution in [2.45, 2.75) is 39.3 Å². The predicted octanol–water partition coefficient (Wildman–Crippen LogP) is 3.89. The van der Waals surface area contributed by atoms with Crippen LogP contribution in [0.4, 0.5) is 14.6 Å². The minimum Gasteiger partial charge on any atom is -0.461 e. The number of hydrogen-bond acceptors (Lipinski definition) is 6. The molecule has 3 N–H and O–H groups in total. The van der Waals surface area contributed by atoms with E-state index in [0.29, 0.717) is 37.1 Å². The van der Waals surface area contributed by atoms with Gasteiger partial charge < -0.3 is 25.0 Å². The molecule has 4 rings (SSSR count). The number of anilines is 1. The molecule has 3 heterocycles. The Morgan fingerprint density at radius 3 is 2.62 bits per heavy atom. The number of pyridine rings is 1. The number of piperidine rings is 1. The topological polar surface area (TPSA) is 103 Å². The lowest BCUT2D eigenvalue weighted by atomic mass is 9.91. The molecule has 1 aliphatic heterocycles. The van der Waals surface area contributed by atoms with Crippen LogP contribution >= 0.6 is 11.6 Å². The van der Waals surface area contributed by atoms with Crippen molar-refractivity contribution in [2.75, 3.05) is 25.0 Å². The van der Waals surface area contributed by atoms with Crippen LogP contribution < -0.4 is 10.1 Å². The summed E-state index contributed by atoms with van der Waals surface area (Å²) in [5.41, 5.74) is -0.0203. The van der Waals surface area contributed by atoms with Gasteiger partial charge in [0.25, 0.3) is 6.01 Å². The molecule has 0 atom stereocenters. The Labute approximate surface area is 200 Å². The first-order valence-corrected chi connectivity index (χ1v) is 11.4. The van der Waals surface area contributed by atoms with E-state index in [4.69, 9.17) is 16.3 Å². The number of carbonyl (C=O) groups excluding carboxylic acids is 1. The molecule has 3 aromatic rings. The van der Waals surface area contributed by atoms with E-state index in [9.17, 15) is 18.7 Å². The van der Waals surface area contributed by atoms with E-state index < -0.39 is 17.0 Å². The van der Waals surface area contributed by atoms with Gasteiger partial charge in [-0.3, -0.25) is 4.79 Å². The van der Waals surface area contributed by atoms with E-state index in [-0.39, 0.29) is 47.6 Å². The predicted molar refractivity (Wildman–Crippen MR) is 124 cm³/mol. The molecule has 182 valence electrons. The number of halogens is 3. The number of amides is 1. The highest BCUT2D eigenvalue weighted by molar-refractivity contribution is 6.33. The number of fused-ring (bicyclic) bond motifs is 1. The zero-order chi connectivity index (χ0) is 24.5. The second-order valence-corrected chi connectivity index (χ2v) is 9.34. The van der Waals surface area contributed by atoms with Crippen LogP contribution in [0.15, 0.2) is 24.3 Å². The summed E-state index contributed by atoms with van der Waals surface area (Å²) in [5, 5.41) is 12.5. The number of nitrogens with zero attached hydrogens (tertiary/aromatic N) is 3. The highest BCUT2D eigenvalue weighted by atomic mass is 35.5. The number of hydrogen-bond donors (Lipinski definition) is 3. The third-order valence-corrected chi connectivity index (χ3v) is 6.17. The van der Waals surface area contributed by atoms with E-state index in [2.05, 4.69) is 20.3 Å². The molecule has 1 aliphatic rings. The lowest BCUT2D eigenvalue weighted by molar-refractivity contribution is -0.144. The van der Waals surface area contributed by atoms with Gasteiger partial charge in [0.15, 0.2) is 5.65 Å². The minimum atomic E-state index is -0.804. The minimum absolute atomic E-state index is 0.0775. The maximum absolute atomic E-state index is 13.9. The molecule has 34 heavy (non-hydrogen) atoms. The Bertz CT molecular complexity index is 1170. The average Bonchev–Trinajstić information content (AvgIpc) is 3.19. The number of nitrogens with one attached hydrogen (secondary N) is 2. The fraction of sp³-hybridized carbons (Fsp3) is 0.435. The number of aromatic nitrogens is 3. The number of imidazole rings is 1. The van der Waals surface area contributed by atoms with Crippen LogP contribution in [0.25, 0.3) is 11.2 Å². The van der Waals surface area contributed by atoms with E-state index in [1.54, 1.807) is 24.8 Å². The van der Waals surface area contributed by atoms with Crippen molar-refractivity contribution in [1.29, 1.82) is 0 Å². The molecule has 1 aromatic carbocycles. The van der Waals surface area contributed by atoms with E-state index in [1.807, 2.05) is 0 Å². The van der Waals surface area contributed by atoms with Gasteiger partial charge in [0, 0.05) is 38.0 Å². The number of aliphatic hydroxyl groups is 1. The summed E-state index contributed by atoms with van der Waals surface area (Å²) >= 11 is 6.29. The number of H-pyrrole nitrogens is 1. The molecule has 0 saturated carbocycles. The van der Waals surface area contributed by atoms with E-state index >= 15 is 0 Å². The molecule has 0 radical (unpaired) electrons. The number of likely N-dealkylation sites (tertiary alicyclic amines) is 1. The molecule has 1 fully saturated rings. The van der Waals surface area contributed by atoms with Gasteiger partial charge in [0.1, 0.15) is 23.6 Å². The van der Waals surface area contributed by atoms with Crippen molar-refractivity contribution in [3.63, 3.8) is 0 Å². The normalized spacial score (nSPS) is 15.1. The average molecular weight is 494 g/mol. The molecule has 1 saturated heterocycles. The quantitative estimate of drug-likeness (QED) is 0.461. The van der Waals surface area contributed by atoms with Gasteiger partial charge in [-0.25, -0.2) is 13.8 Å². The fourth-order valence-electron chi connectivity index (χ4n) is 3.78. The Morgan fingerprint density at radius 1 is 1.29 bits per heavy atom. The van der Waals surface area contributed by atoms with Gasteiger partial charge in [-0.2, -0.15) is 4.98 Å². The second-order valence-electron chi connectivity index (χ2n) is 8.94. The summed E-state index contributed by atoms with van der Waals surface area (Å²) in [4.78, 5) is 26.0. The molecular weight excluding hydrogens is 468 g/mol. The SMILES string of the molecule is CC(C)(CO)C(=O)N1CCC(Oc2nc3nc(NCc4c(F)cccc4F)c(Cl)cc3[nH]2)CC1. The highest BCUT2D eigenvalue weighted by Crippen LogP contribution is 2.28. The van der Waals surface area contributed by atoms with Crippen LogP contribution in [0, 0.1) is 17.0 Å². The first-order chi connectivity index (χ1) is 16.2. The monoisotopic (exact) mass is 493 g/mol. The Hall–Kier alpha value is -2.98. The first-order valence-electron chi connectivity index (χ1n) is 11.0. The van der Waals surface area contributed by atoms with Gasteiger partial charge in [0.05, 0.1) is 22.6 Å². The van der Waals surface area contributed by atoms with Crippen molar-refractivity contribution in [3.8, 4) is 6.01 Å². The number of carbonyl (C=O) groups is 1. The zero-order valence-corrected chi connectivity index (χ0v) is 19.6. The Kier molecular flexibility index (Phi) is 6.90. The summed E-state index contributed by atoms with van der Waals surface area (Å²) in [7, 11) is 0. The Morgan fingerprint density at radius 2 is 1.97 bits per heavy atom. The summed E-state index contributed by atoms with van der Waals surface area (Å²) in [6.45, 7) is 4.16. The van der Waals surface area contributed by atoms with Crippen LogP contribution in [0.3, 0.4) is 0 Å². The number of ether oxygens (including phenoxy) is 1. The smallest absolute Gasteiger partial charge is 0.296 e. The number of benzene rings is 1. The Balaban J connectivity index is 1.40. The van der Waals surface area contributed by atoms with Crippen molar-refractivity contribution >= 4 is 34.5 Å². The molecule has 0 bridgehead atoms. The van der Waals surface area contributed by atoms with Crippen LogP contribution in [0.5, 0.6) is 6.01 Å². The molecule has 0 unspecified atom stereocenters. The fourth-order valence-corrected chi connectivity index (χ4v) is 4.00. The molecule has 2 aromatic heterocycles. The second kappa shape index (κ2) is 9.71. The van der Waals surface area contributed by atoms with E-state index in [1.165, 1.54) is 18.2 Å².